The van der Waals surface area contributed by atoms with E-state index in [1.807, 2.05) is 0 Å². The molecule has 88 valence electrons. The summed E-state index contributed by atoms with van der Waals surface area (Å²) >= 11 is 0. The van der Waals surface area contributed by atoms with Gasteiger partial charge in [0.05, 0.1) is 4.92 Å². The van der Waals surface area contributed by atoms with Crippen LogP contribution < -0.4 is 5.32 Å². The van der Waals surface area contributed by atoms with Crippen LogP contribution in [-0.2, 0) is 6.54 Å². The maximum absolute atomic E-state index is 10.4. The number of nitrogens with zero attached hydrogens (tertiary/aromatic N) is 3. The molecular formula is C10H16N4O2. The minimum absolute atomic E-state index is 0.0685. The molecule has 1 N–H and O–H groups in total. The zero-order valence-electron chi connectivity index (χ0n) is 9.13. The Kier molecular flexibility index (Phi) is 3.51. The van der Waals surface area contributed by atoms with Crippen molar-refractivity contribution in [2.24, 2.45) is 0 Å². The summed E-state index contributed by atoms with van der Waals surface area (Å²) in [5, 5.41) is 17.8. The van der Waals surface area contributed by atoms with E-state index in [9.17, 15) is 10.1 Å². The van der Waals surface area contributed by atoms with Crippen molar-refractivity contribution in [1.82, 2.24) is 15.1 Å². The van der Waals surface area contributed by atoms with E-state index in [0.717, 1.165) is 25.9 Å². The third kappa shape index (κ3) is 2.79. The van der Waals surface area contributed by atoms with Crippen molar-refractivity contribution >= 4 is 5.69 Å². The SMILES string of the molecule is O=[N+]([O-])c1cnn(CCCC2CCCN2)c1. The normalized spacial score (nSPS) is 20.1. The van der Waals surface area contributed by atoms with E-state index < -0.39 is 4.92 Å². The number of aromatic nitrogens is 2. The molecule has 0 saturated carbocycles. The first-order chi connectivity index (χ1) is 7.75. The maximum atomic E-state index is 10.4. The van der Waals surface area contributed by atoms with Crippen LogP contribution in [0.2, 0.25) is 0 Å². The fourth-order valence-electron chi connectivity index (χ4n) is 2.07. The van der Waals surface area contributed by atoms with Crippen molar-refractivity contribution in [2.45, 2.75) is 38.3 Å². The highest BCUT2D eigenvalue weighted by molar-refractivity contribution is 5.20. The number of hydrogen-bond donors (Lipinski definition) is 1. The van der Waals surface area contributed by atoms with Gasteiger partial charge in [-0.2, -0.15) is 5.10 Å². The molecular weight excluding hydrogens is 208 g/mol. The lowest BCUT2D eigenvalue weighted by Gasteiger charge is -2.08. The number of hydrogen-bond acceptors (Lipinski definition) is 4. The zero-order chi connectivity index (χ0) is 11.4. The molecule has 2 rings (SSSR count). The molecule has 2 heterocycles. The van der Waals surface area contributed by atoms with E-state index in [0.29, 0.717) is 6.04 Å². The highest BCUT2D eigenvalue weighted by atomic mass is 16.6. The van der Waals surface area contributed by atoms with Crippen LogP contribution >= 0.6 is 0 Å². The van der Waals surface area contributed by atoms with E-state index in [4.69, 9.17) is 0 Å². The molecule has 1 fully saturated rings. The molecule has 1 aliphatic heterocycles. The third-order valence-corrected chi connectivity index (χ3v) is 2.93. The van der Waals surface area contributed by atoms with Gasteiger partial charge in [-0.1, -0.05) is 0 Å². The molecule has 6 heteroatoms. The Hall–Kier alpha value is -1.43. The molecule has 0 aromatic carbocycles. The van der Waals surface area contributed by atoms with Crippen molar-refractivity contribution < 1.29 is 4.92 Å². The second-order valence-corrected chi connectivity index (χ2v) is 4.15. The molecule has 0 bridgehead atoms. The zero-order valence-corrected chi connectivity index (χ0v) is 9.13. The molecule has 16 heavy (non-hydrogen) atoms. The molecule has 0 spiro atoms. The van der Waals surface area contributed by atoms with Crippen molar-refractivity contribution in [3.05, 3.63) is 22.5 Å². The first kappa shape index (κ1) is 11.1. The Balaban J connectivity index is 1.74. The van der Waals surface area contributed by atoms with E-state index in [2.05, 4.69) is 10.4 Å². The number of rotatable bonds is 5. The Bertz CT molecular complexity index is 357. The summed E-state index contributed by atoms with van der Waals surface area (Å²) in [7, 11) is 0. The van der Waals surface area contributed by atoms with Gasteiger partial charge in [-0.15, -0.1) is 0 Å². The highest BCUT2D eigenvalue weighted by Gasteiger charge is 2.13. The second kappa shape index (κ2) is 5.07. The summed E-state index contributed by atoms with van der Waals surface area (Å²) in [6, 6.07) is 0.630. The second-order valence-electron chi connectivity index (χ2n) is 4.15. The predicted octanol–water partition coefficient (Wildman–Crippen LogP) is 1.32. The van der Waals surface area contributed by atoms with Crippen molar-refractivity contribution in [3.63, 3.8) is 0 Å². The highest BCUT2D eigenvalue weighted by Crippen LogP contribution is 2.12. The number of nitro groups is 1. The third-order valence-electron chi connectivity index (χ3n) is 2.93. The molecule has 0 radical (unpaired) electrons. The molecule has 1 atom stereocenters. The largest absolute Gasteiger partial charge is 0.314 e. The van der Waals surface area contributed by atoms with Crippen LogP contribution in [-0.4, -0.2) is 27.3 Å². The van der Waals surface area contributed by atoms with E-state index >= 15 is 0 Å². The molecule has 1 saturated heterocycles. The molecule has 1 unspecified atom stereocenters. The maximum Gasteiger partial charge on any atom is 0.306 e. The summed E-state index contributed by atoms with van der Waals surface area (Å²) in [5.74, 6) is 0. The molecule has 0 amide bonds. The van der Waals surface area contributed by atoms with Gasteiger partial charge in [0.25, 0.3) is 0 Å². The van der Waals surface area contributed by atoms with E-state index in [1.165, 1.54) is 25.2 Å². The molecule has 1 aromatic rings. The van der Waals surface area contributed by atoms with E-state index in [1.54, 1.807) is 4.68 Å². The smallest absolute Gasteiger partial charge is 0.306 e. The number of nitrogens with one attached hydrogen (secondary N) is 1. The topological polar surface area (TPSA) is 73.0 Å². The fourth-order valence-corrected chi connectivity index (χ4v) is 2.07. The quantitative estimate of drug-likeness (QED) is 0.604. The summed E-state index contributed by atoms with van der Waals surface area (Å²) < 4.78 is 1.65. The monoisotopic (exact) mass is 224 g/mol. The van der Waals surface area contributed by atoms with Gasteiger partial charge in [-0.25, -0.2) is 0 Å². The minimum atomic E-state index is -0.415. The van der Waals surface area contributed by atoms with Crippen molar-refractivity contribution in [1.29, 1.82) is 0 Å². The van der Waals surface area contributed by atoms with Crippen LogP contribution in [0.3, 0.4) is 0 Å². The Morgan fingerprint density at radius 3 is 3.19 bits per heavy atom. The summed E-state index contributed by atoms with van der Waals surface area (Å²) in [6.07, 6.45) is 7.43. The van der Waals surface area contributed by atoms with Gasteiger partial charge in [0.2, 0.25) is 0 Å². The number of aryl methyl sites for hydroxylation is 1. The van der Waals surface area contributed by atoms with Crippen LogP contribution in [0.25, 0.3) is 0 Å². The summed E-state index contributed by atoms with van der Waals surface area (Å²) in [6.45, 7) is 1.88. The average Bonchev–Trinajstić information content (AvgIpc) is 2.87. The van der Waals surface area contributed by atoms with Crippen molar-refractivity contribution in [3.8, 4) is 0 Å². The van der Waals surface area contributed by atoms with Crippen LogP contribution in [0.4, 0.5) is 5.69 Å². The minimum Gasteiger partial charge on any atom is -0.314 e. The van der Waals surface area contributed by atoms with Crippen LogP contribution in [0.5, 0.6) is 0 Å². The lowest BCUT2D eigenvalue weighted by Crippen LogP contribution is -2.21. The molecule has 1 aliphatic rings. The van der Waals surface area contributed by atoms with Crippen LogP contribution in [0.1, 0.15) is 25.7 Å². The summed E-state index contributed by atoms with van der Waals surface area (Å²) in [5.41, 5.74) is 0.0685. The molecule has 6 nitrogen and oxygen atoms in total. The lowest BCUT2D eigenvalue weighted by atomic mass is 10.1. The summed E-state index contributed by atoms with van der Waals surface area (Å²) in [4.78, 5) is 10.0. The van der Waals surface area contributed by atoms with Gasteiger partial charge in [-0.05, 0) is 32.2 Å². The molecule has 1 aromatic heterocycles. The van der Waals surface area contributed by atoms with Gasteiger partial charge in [0.15, 0.2) is 0 Å². The molecule has 0 aliphatic carbocycles. The van der Waals surface area contributed by atoms with Crippen LogP contribution in [0, 0.1) is 10.1 Å². The van der Waals surface area contributed by atoms with Gasteiger partial charge in [-0.3, -0.25) is 14.8 Å². The van der Waals surface area contributed by atoms with Gasteiger partial charge in [0, 0.05) is 12.6 Å². The van der Waals surface area contributed by atoms with Crippen LogP contribution in [0.15, 0.2) is 12.4 Å². The Labute approximate surface area is 93.8 Å². The van der Waals surface area contributed by atoms with Gasteiger partial charge >= 0.3 is 5.69 Å². The fraction of sp³-hybridized carbons (Fsp3) is 0.700. The standard InChI is InChI=1S/C10H16N4O2/c15-14(16)10-7-12-13(8-10)6-2-4-9-3-1-5-11-9/h7-9,11H,1-6H2. The first-order valence-electron chi connectivity index (χ1n) is 5.66. The Morgan fingerprint density at radius 1 is 1.69 bits per heavy atom. The van der Waals surface area contributed by atoms with Gasteiger partial charge in [0.1, 0.15) is 12.4 Å². The van der Waals surface area contributed by atoms with Gasteiger partial charge < -0.3 is 5.32 Å². The predicted molar refractivity (Wildman–Crippen MR) is 59.1 cm³/mol. The first-order valence-corrected chi connectivity index (χ1v) is 5.66. The Morgan fingerprint density at radius 2 is 2.56 bits per heavy atom. The average molecular weight is 224 g/mol. The lowest BCUT2D eigenvalue weighted by molar-refractivity contribution is -0.385. The van der Waals surface area contributed by atoms with E-state index in [-0.39, 0.29) is 5.69 Å². The van der Waals surface area contributed by atoms with Crippen molar-refractivity contribution in [2.75, 3.05) is 6.54 Å².